The molecule has 1 saturated heterocycles. The molecule has 1 fully saturated rings. The van der Waals surface area contributed by atoms with Gasteiger partial charge in [-0.15, -0.1) is 0 Å². The van der Waals surface area contributed by atoms with Crippen LogP contribution in [0.3, 0.4) is 0 Å². The SMILES string of the molecule is Cc1nc(COc2ccc(CN3CCC(O)CC3)cc2)no1. The molecule has 0 radical (unpaired) electrons. The number of aryl methyl sites for hydroxylation is 1. The first-order valence-electron chi connectivity index (χ1n) is 7.60. The van der Waals surface area contributed by atoms with Crippen molar-refractivity contribution in [2.24, 2.45) is 0 Å². The van der Waals surface area contributed by atoms with Gasteiger partial charge in [0.05, 0.1) is 6.10 Å². The number of rotatable bonds is 5. The first-order chi connectivity index (χ1) is 10.7. The maximum absolute atomic E-state index is 9.52. The zero-order valence-corrected chi connectivity index (χ0v) is 12.7. The summed E-state index contributed by atoms with van der Waals surface area (Å²) in [5.41, 5.74) is 1.25. The van der Waals surface area contributed by atoms with Gasteiger partial charge in [0.25, 0.3) is 0 Å². The topological polar surface area (TPSA) is 71.6 Å². The molecule has 6 nitrogen and oxygen atoms in total. The number of aliphatic hydroxyl groups is 1. The van der Waals surface area contributed by atoms with Crippen LogP contribution in [0.25, 0.3) is 0 Å². The number of aromatic nitrogens is 2. The maximum atomic E-state index is 9.52. The lowest BCUT2D eigenvalue weighted by molar-refractivity contribution is 0.0792. The molecule has 2 heterocycles. The second kappa shape index (κ2) is 6.89. The largest absolute Gasteiger partial charge is 0.485 e. The van der Waals surface area contributed by atoms with Crippen LogP contribution in [0, 0.1) is 6.92 Å². The Balaban J connectivity index is 1.49. The van der Waals surface area contributed by atoms with Crippen LogP contribution in [0.15, 0.2) is 28.8 Å². The summed E-state index contributed by atoms with van der Waals surface area (Å²) in [6.45, 7) is 4.88. The van der Waals surface area contributed by atoms with Crippen molar-refractivity contribution in [2.75, 3.05) is 13.1 Å². The summed E-state index contributed by atoms with van der Waals surface area (Å²) in [5, 5.41) is 13.3. The van der Waals surface area contributed by atoms with Crippen LogP contribution in [0.4, 0.5) is 0 Å². The molecule has 1 aromatic carbocycles. The van der Waals surface area contributed by atoms with Gasteiger partial charge in [-0.3, -0.25) is 4.90 Å². The first-order valence-corrected chi connectivity index (χ1v) is 7.60. The molecule has 2 aromatic rings. The fraction of sp³-hybridized carbons (Fsp3) is 0.500. The van der Waals surface area contributed by atoms with Crippen molar-refractivity contribution in [3.8, 4) is 5.75 Å². The minimum atomic E-state index is -0.124. The van der Waals surface area contributed by atoms with E-state index in [1.807, 2.05) is 12.1 Å². The van der Waals surface area contributed by atoms with E-state index in [0.717, 1.165) is 38.2 Å². The Morgan fingerprint density at radius 2 is 2.00 bits per heavy atom. The van der Waals surface area contributed by atoms with Crippen LogP contribution in [-0.2, 0) is 13.2 Å². The minimum Gasteiger partial charge on any atom is -0.485 e. The Hall–Kier alpha value is -1.92. The number of piperidine rings is 1. The highest BCUT2D eigenvalue weighted by Gasteiger charge is 2.16. The highest BCUT2D eigenvalue weighted by Crippen LogP contribution is 2.17. The van der Waals surface area contributed by atoms with Crippen LogP contribution >= 0.6 is 0 Å². The number of ether oxygens (including phenoxy) is 1. The molecular formula is C16H21N3O3. The van der Waals surface area contributed by atoms with Gasteiger partial charge < -0.3 is 14.4 Å². The van der Waals surface area contributed by atoms with E-state index in [1.54, 1.807) is 6.92 Å². The molecule has 0 saturated carbocycles. The van der Waals surface area contributed by atoms with E-state index in [0.29, 0.717) is 18.3 Å². The standard InChI is InChI=1S/C16H21N3O3/c1-12-17-16(18-22-12)11-21-15-4-2-13(3-5-15)10-19-8-6-14(20)7-9-19/h2-5,14,20H,6-11H2,1H3. The molecule has 0 atom stereocenters. The summed E-state index contributed by atoms with van der Waals surface area (Å²) >= 11 is 0. The zero-order valence-electron chi connectivity index (χ0n) is 12.7. The molecule has 1 aliphatic rings. The fourth-order valence-electron chi connectivity index (χ4n) is 2.57. The number of benzene rings is 1. The van der Waals surface area contributed by atoms with Gasteiger partial charge in [0.2, 0.25) is 11.7 Å². The Kier molecular flexibility index (Phi) is 4.70. The minimum absolute atomic E-state index is 0.124. The number of hydrogen-bond acceptors (Lipinski definition) is 6. The van der Waals surface area contributed by atoms with E-state index in [2.05, 4.69) is 27.2 Å². The molecule has 118 valence electrons. The second-order valence-electron chi connectivity index (χ2n) is 5.67. The van der Waals surface area contributed by atoms with Gasteiger partial charge >= 0.3 is 0 Å². The lowest BCUT2D eigenvalue weighted by Crippen LogP contribution is -2.35. The molecule has 1 N–H and O–H groups in total. The van der Waals surface area contributed by atoms with E-state index < -0.39 is 0 Å². The van der Waals surface area contributed by atoms with Crippen molar-refractivity contribution in [2.45, 2.75) is 39.0 Å². The molecular weight excluding hydrogens is 282 g/mol. The van der Waals surface area contributed by atoms with Gasteiger partial charge in [0.1, 0.15) is 5.75 Å². The van der Waals surface area contributed by atoms with Crippen LogP contribution in [-0.4, -0.2) is 39.3 Å². The van der Waals surface area contributed by atoms with Gasteiger partial charge in [0.15, 0.2) is 6.61 Å². The van der Waals surface area contributed by atoms with Crippen LogP contribution in [0.1, 0.15) is 30.1 Å². The van der Waals surface area contributed by atoms with Crippen molar-refractivity contribution in [3.63, 3.8) is 0 Å². The van der Waals surface area contributed by atoms with Gasteiger partial charge in [-0.05, 0) is 30.5 Å². The Morgan fingerprint density at radius 3 is 2.64 bits per heavy atom. The summed E-state index contributed by atoms with van der Waals surface area (Å²) in [7, 11) is 0. The monoisotopic (exact) mass is 303 g/mol. The quantitative estimate of drug-likeness (QED) is 0.910. The third kappa shape index (κ3) is 4.05. The third-order valence-corrected chi connectivity index (χ3v) is 3.82. The summed E-state index contributed by atoms with van der Waals surface area (Å²) in [5.74, 6) is 1.88. The second-order valence-corrected chi connectivity index (χ2v) is 5.67. The Bertz CT molecular complexity index is 589. The molecule has 0 aliphatic carbocycles. The molecule has 22 heavy (non-hydrogen) atoms. The molecule has 3 rings (SSSR count). The average molecular weight is 303 g/mol. The highest BCUT2D eigenvalue weighted by atomic mass is 16.5. The van der Waals surface area contributed by atoms with E-state index >= 15 is 0 Å². The molecule has 0 amide bonds. The lowest BCUT2D eigenvalue weighted by atomic mass is 10.1. The Labute approximate surface area is 129 Å². The average Bonchev–Trinajstić information content (AvgIpc) is 2.94. The highest BCUT2D eigenvalue weighted by molar-refractivity contribution is 5.27. The molecule has 0 spiro atoms. The van der Waals surface area contributed by atoms with Gasteiger partial charge in [-0.25, -0.2) is 0 Å². The van der Waals surface area contributed by atoms with E-state index in [-0.39, 0.29) is 6.10 Å². The molecule has 1 aliphatic heterocycles. The van der Waals surface area contributed by atoms with Crippen molar-refractivity contribution >= 4 is 0 Å². The zero-order chi connectivity index (χ0) is 15.4. The van der Waals surface area contributed by atoms with Crippen molar-refractivity contribution < 1.29 is 14.4 Å². The summed E-state index contributed by atoms with van der Waals surface area (Å²) < 4.78 is 10.5. The number of likely N-dealkylation sites (tertiary alicyclic amines) is 1. The smallest absolute Gasteiger partial charge is 0.223 e. The van der Waals surface area contributed by atoms with Gasteiger partial charge in [-0.2, -0.15) is 4.98 Å². The van der Waals surface area contributed by atoms with Crippen LogP contribution < -0.4 is 4.74 Å². The van der Waals surface area contributed by atoms with E-state index in [4.69, 9.17) is 9.26 Å². The molecule has 6 heteroatoms. The number of aliphatic hydroxyl groups excluding tert-OH is 1. The normalized spacial score (nSPS) is 16.8. The van der Waals surface area contributed by atoms with E-state index in [9.17, 15) is 5.11 Å². The fourth-order valence-corrected chi connectivity index (χ4v) is 2.57. The third-order valence-electron chi connectivity index (χ3n) is 3.82. The van der Waals surface area contributed by atoms with Crippen molar-refractivity contribution in [1.82, 2.24) is 15.0 Å². The van der Waals surface area contributed by atoms with Gasteiger partial charge in [-0.1, -0.05) is 17.3 Å². The van der Waals surface area contributed by atoms with E-state index in [1.165, 1.54) is 5.56 Å². The summed E-state index contributed by atoms with van der Waals surface area (Å²) in [4.78, 5) is 6.46. The van der Waals surface area contributed by atoms with Gasteiger partial charge in [0, 0.05) is 26.6 Å². The number of hydrogen-bond donors (Lipinski definition) is 1. The molecule has 0 bridgehead atoms. The van der Waals surface area contributed by atoms with Crippen LogP contribution in [0.2, 0.25) is 0 Å². The van der Waals surface area contributed by atoms with Crippen LogP contribution in [0.5, 0.6) is 5.75 Å². The van der Waals surface area contributed by atoms with Crippen molar-refractivity contribution in [3.05, 3.63) is 41.5 Å². The number of nitrogens with zero attached hydrogens (tertiary/aromatic N) is 3. The van der Waals surface area contributed by atoms with Crippen molar-refractivity contribution in [1.29, 1.82) is 0 Å². The Morgan fingerprint density at radius 1 is 1.27 bits per heavy atom. The maximum Gasteiger partial charge on any atom is 0.223 e. The first kappa shape index (κ1) is 15.0. The molecule has 1 aromatic heterocycles. The summed E-state index contributed by atoms with van der Waals surface area (Å²) in [6.07, 6.45) is 1.61. The molecule has 0 unspecified atom stereocenters. The summed E-state index contributed by atoms with van der Waals surface area (Å²) in [6, 6.07) is 8.06. The lowest BCUT2D eigenvalue weighted by Gasteiger charge is -2.29. The predicted octanol–water partition coefficient (Wildman–Crippen LogP) is 1.91. The predicted molar refractivity (Wildman–Crippen MR) is 80.3 cm³/mol.